The molecule has 0 radical (unpaired) electrons. The second-order valence-corrected chi connectivity index (χ2v) is 17.1. The number of unbranched alkanes of at least 4 members (excludes halogenated alkanes) is 12. The second kappa shape index (κ2) is 13.6. The number of carbonyl (C=O) groups excluding carboxylic acids is 2. The molecule has 4 aliphatic rings. The van der Waals surface area contributed by atoms with Gasteiger partial charge in [0.15, 0.2) is 0 Å². The highest BCUT2D eigenvalue weighted by atomic mass is 31.2. The molecule has 6 heteroatoms. The van der Waals surface area contributed by atoms with Crippen LogP contribution in [0.25, 0.3) is 0 Å². The van der Waals surface area contributed by atoms with Crippen molar-refractivity contribution in [3.05, 3.63) is 0 Å². The first-order chi connectivity index (χ1) is 16.8. The number of rotatable bonds is 17. The van der Waals surface area contributed by atoms with Crippen LogP contribution in [0, 0.1) is 11.3 Å². The highest BCUT2D eigenvalue weighted by Gasteiger charge is 2.65. The Hall–Kier alpha value is -0.830. The van der Waals surface area contributed by atoms with Crippen LogP contribution in [0.3, 0.4) is 0 Å². The molecule has 0 aromatic heterocycles. The summed E-state index contributed by atoms with van der Waals surface area (Å²) >= 11 is 0. The largest absolute Gasteiger partial charge is 0.428 e. The minimum Gasteiger partial charge on any atom is -0.428 e. The predicted octanol–water partition coefficient (Wildman–Crippen LogP) is 7.91. The van der Waals surface area contributed by atoms with Crippen molar-refractivity contribution >= 4 is 19.3 Å². The Morgan fingerprint density at radius 1 is 0.857 bits per heavy atom. The Labute approximate surface area is 215 Å². The van der Waals surface area contributed by atoms with E-state index in [1.165, 1.54) is 89.4 Å². The highest BCUT2D eigenvalue weighted by Crippen LogP contribution is 2.75. The van der Waals surface area contributed by atoms with Gasteiger partial charge in [0.25, 0.3) is 0 Å². The fourth-order valence-corrected chi connectivity index (χ4v) is 13.7. The molecule has 3 aliphatic heterocycles. The molecular weight excluding hydrogens is 457 g/mol. The van der Waals surface area contributed by atoms with Gasteiger partial charge in [-0.1, -0.05) is 90.9 Å². The van der Waals surface area contributed by atoms with Crippen molar-refractivity contribution in [1.82, 2.24) is 5.32 Å². The molecular formula is C29H53NO4P+. The van der Waals surface area contributed by atoms with Gasteiger partial charge in [-0.3, -0.25) is 4.79 Å². The quantitative estimate of drug-likeness (QED) is 0.0934. The van der Waals surface area contributed by atoms with Gasteiger partial charge < -0.3 is 14.8 Å². The fraction of sp³-hybridized carbons (Fsp3) is 0.931. The van der Waals surface area contributed by atoms with E-state index in [0.29, 0.717) is 11.8 Å². The average molecular weight is 511 g/mol. The topological polar surface area (TPSA) is 64.6 Å². The van der Waals surface area contributed by atoms with E-state index in [2.05, 4.69) is 25.8 Å². The number of nitrogens with one attached hydrogen (secondary N) is 1. The third-order valence-corrected chi connectivity index (χ3v) is 12.9. The van der Waals surface area contributed by atoms with Gasteiger partial charge in [-0.15, -0.1) is 0 Å². The van der Waals surface area contributed by atoms with E-state index in [1.807, 2.05) is 0 Å². The van der Waals surface area contributed by atoms with Crippen molar-refractivity contribution in [1.29, 1.82) is 0 Å². The number of hydrogen-bond donors (Lipinski definition) is 1. The minimum atomic E-state index is -0.938. The van der Waals surface area contributed by atoms with Crippen molar-refractivity contribution in [2.45, 2.75) is 129 Å². The number of amides is 1. The SMILES string of the molecule is CCCCCCCCCCCCCCCC(=O)OCOC(=O)NC12CC3CC(C)(C1)C[P+](C)(C3)C2. The normalized spacial score (nSPS) is 30.9. The number of ether oxygens (including phenoxy) is 2. The number of alkyl carbamates (subject to hydrolysis) is 1. The molecule has 4 unspecified atom stereocenters. The predicted molar refractivity (Wildman–Crippen MR) is 147 cm³/mol. The summed E-state index contributed by atoms with van der Waals surface area (Å²) in [4.78, 5) is 24.5. The van der Waals surface area contributed by atoms with Crippen molar-refractivity contribution in [2.75, 3.05) is 31.9 Å². The summed E-state index contributed by atoms with van der Waals surface area (Å²) in [5, 5.41) is 3.22. The zero-order valence-electron chi connectivity index (χ0n) is 23.0. The van der Waals surface area contributed by atoms with Gasteiger partial charge in [0.2, 0.25) is 6.79 Å². The van der Waals surface area contributed by atoms with Crippen LogP contribution in [0.5, 0.6) is 0 Å². The molecule has 0 spiro atoms. The Bertz CT molecular complexity index is 666. The molecule has 1 amide bonds. The Balaban J connectivity index is 1.16. The average Bonchev–Trinajstić information content (AvgIpc) is 2.74. The van der Waals surface area contributed by atoms with Gasteiger partial charge in [0, 0.05) is 25.8 Å². The molecule has 1 aliphatic carbocycles. The fourth-order valence-electron chi connectivity index (χ4n) is 8.01. The van der Waals surface area contributed by atoms with E-state index in [4.69, 9.17) is 9.47 Å². The van der Waals surface area contributed by atoms with Crippen LogP contribution < -0.4 is 5.32 Å². The molecule has 3 heterocycles. The highest BCUT2D eigenvalue weighted by molar-refractivity contribution is 7.75. The minimum absolute atomic E-state index is 0.0909. The summed E-state index contributed by atoms with van der Waals surface area (Å²) < 4.78 is 10.4. The Morgan fingerprint density at radius 2 is 1.46 bits per heavy atom. The van der Waals surface area contributed by atoms with Crippen molar-refractivity contribution in [2.24, 2.45) is 11.3 Å². The molecule has 4 atom stereocenters. The van der Waals surface area contributed by atoms with Crippen LogP contribution in [-0.4, -0.2) is 49.5 Å². The first kappa shape index (κ1) is 28.7. The Morgan fingerprint density at radius 3 is 2.03 bits per heavy atom. The standard InChI is InChI=1S/C29H52NO4P/c1-4-5-6-7-8-9-10-11-12-13-14-15-16-17-26(31)33-24-34-27(32)30-29-19-25-18-28(2,21-29)22-35(3,20-25)23-29/h25H,4-24H2,1-3H3/p+1. The summed E-state index contributed by atoms with van der Waals surface area (Å²) in [5.41, 5.74) is 0.294. The van der Waals surface area contributed by atoms with Gasteiger partial charge in [-0.05, 0) is 31.6 Å². The zero-order valence-corrected chi connectivity index (χ0v) is 23.9. The molecule has 35 heavy (non-hydrogen) atoms. The molecule has 4 fully saturated rings. The molecule has 4 bridgehead atoms. The third-order valence-electron chi connectivity index (χ3n) is 8.63. The molecule has 1 saturated carbocycles. The lowest BCUT2D eigenvalue weighted by molar-refractivity contribution is -0.152. The third kappa shape index (κ3) is 9.52. The van der Waals surface area contributed by atoms with Crippen molar-refractivity contribution in [3.63, 3.8) is 0 Å². The molecule has 5 nitrogen and oxygen atoms in total. The summed E-state index contributed by atoms with van der Waals surface area (Å²) in [7, 11) is -0.938. The zero-order chi connectivity index (χ0) is 25.2. The van der Waals surface area contributed by atoms with E-state index in [0.717, 1.165) is 37.8 Å². The van der Waals surface area contributed by atoms with Gasteiger partial charge in [0.1, 0.15) is 0 Å². The van der Waals surface area contributed by atoms with E-state index >= 15 is 0 Å². The smallest absolute Gasteiger partial charge is 0.410 e. The number of hydrogen-bond acceptors (Lipinski definition) is 4. The van der Waals surface area contributed by atoms with E-state index in [1.54, 1.807) is 0 Å². The maximum Gasteiger partial charge on any atom is 0.410 e. The summed E-state index contributed by atoms with van der Waals surface area (Å²) in [6, 6.07) is 0. The first-order valence-corrected chi connectivity index (χ1v) is 17.5. The van der Waals surface area contributed by atoms with Crippen LogP contribution in [0.15, 0.2) is 0 Å². The van der Waals surface area contributed by atoms with Crippen LogP contribution in [0.1, 0.15) is 123 Å². The summed E-state index contributed by atoms with van der Waals surface area (Å²) in [6.45, 7) is 6.90. The van der Waals surface area contributed by atoms with Crippen LogP contribution in [0.4, 0.5) is 4.79 Å². The van der Waals surface area contributed by atoms with Gasteiger partial charge >= 0.3 is 12.1 Å². The molecule has 1 N–H and O–H groups in total. The second-order valence-electron chi connectivity index (χ2n) is 12.8. The molecule has 0 aromatic carbocycles. The first-order valence-electron chi connectivity index (χ1n) is 14.7. The number of carbonyl (C=O) groups is 2. The van der Waals surface area contributed by atoms with Crippen molar-refractivity contribution in [3.8, 4) is 0 Å². The van der Waals surface area contributed by atoms with Gasteiger partial charge in [0.05, 0.1) is 24.0 Å². The van der Waals surface area contributed by atoms with Crippen LogP contribution >= 0.6 is 7.26 Å². The maximum atomic E-state index is 12.5. The lowest BCUT2D eigenvalue weighted by Gasteiger charge is -2.60. The van der Waals surface area contributed by atoms with E-state index in [9.17, 15) is 9.59 Å². The number of esters is 1. The van der Waals surface area contributed by atoms with E-state index in [-0.39, 0.29) is 18.3 Å². The molecule has 0 aromatic rings. The molecule has 3 saturated heterocycles. The lowest BCUT2D eigenvalue weighted by atomic mass is 9.64. The Kier molecular flexibility index (Phi) is 11.2. The van der Waals surface area contributed by atoms with Crippen LogP contribution in [0.2, 0.25) is 0 Å². The van der Waals surface area contributed by atoms with Crippen LogP contribution in [-0.2, 0) is 14.3 Å². The van der Waals surface area contributed by atoms with Gasteiger partial charge in [-0.25, -0.2) is 4.79 Å². The molecule has 4 rings (SSSR count). The maximum absolute atomic E-state index is 12.5. The summed E-state index contributed by atoms with van der Waals surface area (Å²) in [6.07, 6.45) is 24.1. The molecule has 202 valence electrons. The summed E-state index contributed by atoms with van der Waals surface area (Å²) in [5.74, 6) is 0.495. The van der Waals surface area contributed by atoms with Gasteiger partial charge in [-0.2, -0.15) is 0 Å². The monoisotopic (exact) mass is 510 g/mol. The lowest BCUT2D eigenvalue weighted by Crippen LogP contribution is -2.65. The van der Waals surface area contributed by atoms with E-state index < -0.39 is 13.4 Å². The van der Waals surface area contributed by atoms with Crippen molar-refractivity contribution < 1.29 is 19.1 Å².